The van der Waals surface area contributed by atoms with Crippen molar-refractivity contribution in [2.24, 2.45) is 4.99 Å². The van der Waals surface area contributed by atoms with Crippen LogP contribution in [-0.4, -0.2) is 43.6 Å². The lowest BCUT2D eigenvalue weighted by molar-refractivity contribution is -0.153. The fourth-order valence-corrected chi connectivity index (χ4v) is 2.06. The quantitative estimate of drug-likeness (QED) is 0.592. The SMILES string of the molecule is COC(=O)CC1(CC(=O)OC)N=C(c2ccccc2)OC1=O. The van der Waals surface area contributed by atoms with Crippen LogP contribution in [0.3, 0.4) is 0 Å². The topological polar surface area (TPSA) is 91.3 Å². The van der Waals surface area contributed by atoms with Crippen LogP contribution in [0, 0.1) is 0 Å². The fraction of sp³-hybridized carbons (Fsp3) is 0.333. The lowest BCUT2D eigenvalue weighted by Gasteiger charge is -2.18. The van der Waals surface area contributed by atoms with Gasteiger partial charge < -0.3 is 14.2 Å². The van der Waals surface area contributed by atoms with Gasteiger partial charge in [0.15, 0.2) is 5.54 Å². The normalized spacial score (nSPS) is 15.7. The van der Waals surface area contributed by atoms with Gasteiger partial charge in [-0.1, -0.05) is 18.2 Å². The van der Waals surface area contributed by atoms with Gasteiger partial charge in [-0.15, -0.1) is 0 Å². The van der Waals surface area contributed by atoms with E-state index < -0.39 is 36.3 Å². The third-order valence-electron chi connectivity index (χ3n) is 3.23. The molecule has 1 heterocycles. The standard InChI is InChI=1S/C15H15NO6/c1-20-11(17)8-15(9-12(18)21-2)14(19)22-13(16-15)10-6-4-3-5-7-10/h3-7H,8-9H2,1-2H3. The van der Waals surface area contributed by atoms with Crippen molar-refractivity contribution < 1.29 is 28.6 Å². The molecule has 1 aliphatic heterocycles. The summed E-state index contributed by atoms with van der Waals surface area (Å²) in [5.74, 6) is -2.04. The number of hydrogen-bond donors (Lipinski definition) is 0. The first-order valence-corrected chi connectivity index (χ1v) is 6.52. The Hall–Kier alpha value is -2.70. The molecule has 0 bridgehead atoms. The lowest BCUT2D eigenvalue weighted by atomic mass is 9.92. The second-order valence-electron chi connectivity index (χ2n) is 4.71. The molecule has 7 heteroatoms. The number of ether oxygens (including phenoxy) is 3. The molecule has 0 amide bonds. The Kier molecular flexibility index (Phi) is 4.55. The summed E-state index contributed by atoms with van der Waals surface area (Å²) >= 11 is 0. The van der Waals surface area contributed by atoms with Gasteiger partial charge in [0.25, 0.3) is 0 Å². The summed E-state index contributed by atoms with van der Waals surface area (Å²) in [7, 11) is 2.38. The molecule has 0 aliphatic carbocycles. The largest absolute Gasteiger partial charge is 0.469 e. The number of carbonyl (C=O) groups is 3. The molecule has 0 atom stereocenters. The van der Waals surface area contributed by atoms with Crippen molar-refractivity contribution in [3.63, 3.8) is 0 Å². The number of carbonyl (C=O) groups excluding carboxylic acids is 3. The molecule has 0 saturated heterocycles. The van der Waals surface area contributed by atoms with Gasteiger partial charge in [-0.05, 0) is 12.1 Å². The Morgan fingerprint density at radius 3 is 2.14 bits per heavy atom. The fourth-order valence-electron chi connectivity index (χ4n) is 2.06. The monoisotopic (exact) mass is 305 g/mol. The van der Waals surface area contributed by atoms with E-state index in [2.05, 4.69) is 14.5 Å². The van der Waals surface area contributed by atoms with Crippen molar-refractivity contribution in [2.75, 3.05) is 14.2 Å². The molecule has 1 aliphatic rings. The highest BCUT2D eigenvalue weighted by Gasteiger charge is 2.50. The van der Waals surface area contributed by atoms with Crippen LogP contribution in [0.1, 0.15) is 18.4 Å². The van der Waals surface area contributed by atoms with E-state index in [-0.39, 0.29) is 5.90 Å². The Morgan fingerprint density at radius 2 is 1.64 bits per heavy atom. The highest BCUT2D eigenvalue weighted by Crippen LogP contribution is 2.31. The average molecular weight is 305 g/mol. The lowest BCUT2D eigenvalue weighted by Crippen LogP contribution is -2.39. The Bertz CT molecular complexity index is 604. The maximum absolute atomic E-state index is 12.2. The summed E-state index contributed by atoms with van der Waals surface area (Å²) in [6.07, 6.45) is -0.790. The first-order chi connectivity index (χ1) is 10.5. The summed E-state index contributed by atoms with van der Waals surface area (Å²) < 4.78 is 14.3. The van der Waals surface area contributed by atoms with E-state index in [4.69, 9.17) is 4.74 Å². The van der Waals surface area contributed by atoms with Crippen molar-refractivity contribution in [3.8, 4) is 0 Å². The van der Waals surface area contributed by atoms with Crippen molar-refractivity contribution in [3.05, 3.63) is 35.9 Å². The first kappa shape index (κ1) is 15.7. The van der Waals surface area contributed by atoms with Crippen LogP contribution in [-0.2, 0) is 28.6 Å². The van der Waals surface area contributed by atoms with E-state index in [1.807, 2.05) is 0 Å². The van der Waals surface area contributed by atoms with Crippen LogP contribution in [0.25, 0.3) is 0 Å². The van der Waals surface area contributed by atoms with Gasteiger partial charge in [-0.2, -0.15) is 0 Å². The summed E-state index contributed by atoms with van der Waals surface area (Å²) in [5, 5.41) is 0. The summed E-state index contributed by atoms with van der Waals surface area (Å²) in [6, 6.07) is 8.73. The number of methoxy groups -OCH3 is 2. The highest BCUT2D eigenvalue weighted by molar-refractivity contribution is 6.10. The average Bonchev–Trinajstić information content (AvgIpc) is 2.84. The summed E-state index contributed by atoms with van der Waals surface area (Å²) in [5.41, 5.74) is -1.07. The van der Waals surface area contributed by atoms with E-state index in [0.29, 0.717) is 5.56 Å². The van der Waals surface area contributed by atoms with Gasteiger partial charge in [0.2, 0.25) is 5.90 Å². The minimum atomic E-state index is -1.65. The zero-order valence-electron chi connectivity index (χ0n) is 12.2. The van der Waals surface area contributed by atoms with Crippen LogP contribution < -0.4 is 0 Å². The van der Waals surface area contributed by atoms with Gasteiger partial charge in [0, 0.05) is 5.56 Å². The molecule has 0 unspecified atom stereocenters. The minimum Gasteiger partial charge on any atom is -0.469 e. The van der Waals surface area contributed by atoms with Gasteiger partial charge in [-0.25, -0.2) is 9.79 Å². The molecule has 7 nitrogen and oxygen atoms in total. The van der Waals surface area contributed by atoms with Gasteiger partial charge >= 0.3 is 17.9 Å². The second-order valence-corrected chi connectivity index (χ2v) is 4.71. The molecule has 1 aromatic rings. The van der Waals surface area contributed by atoms with Gasteiger partial charge in [-0.3, -0.25) is 9.59 Å². The van der Waals surface area contributed by atoms with Crippen LogP contribution in [0.2, 0.25) is 0 Å². The molecular formula is C15H15NO6. The Balaban J connectivity index is 2.38. The highest BCUT2D eigenvalue weighted by atomic mass is 16.6. The number of aliphatic imine (C=N–C) groups is 1. The number of esters is 3. The van der Waals surface area contributed by atoms with E-state index in [1.54, 1.807) is 30.3 Å². The van der Waals surface area contributed by atoms with Crippen molar-refractivity contribution in [1.82, 2.24) is 0 Å². The molecule has 0 radical (unpaired) electrons. The van der Waals surface area contributed by atoms with E-state index in [9.17, 15) is 14.4 Å². The molecule has 22 heavy (non-hydrogen) atoms. The minimum absolute atomic E-state index is 0.0680. The van der Waals surface area contributed by atoms with Gasteiger partial charge in [0.1, 0.15) is 0 Å². The molecule has 1 aromatic carbocycles. The zero-order chi connectivity index (χ0) is 16.2. The van der Waals surface area contributed by atoms with Crippen molar-refractivity contribution >= 4 is 23.8 Å². The van der Waals surface area contributed by atoms with Crippen LogP contribution in [0.4, 0.5) is 0 Å². The molecular weight excluding hydrogens is 290 g/mol. The molecule has 0 fully saturated rings. The maximum Gasteiger partial charge on any atom is 0.342 e. The molecule has 0 spiro atoms. The maximum atomic E-state index is 12.2. The van der Waals surface area contributed by atoms with Crippen molar-refractivity contribution in [1.29, 1.82) is 0 Å². The van der Waals surface area contributed by atoms with Crippen molar-refractivity contribution in [2.45, 2.75) is 18.4 Å². The molecule has 2 rings (SSSR count). The Labute approximate surface area is 126 Å². The Morgan fingerprint density at radius 1 is 1.09 bits per heavy atom. The number of benzene rings is 1. The van der Waals surface area contributed by atoms with E-state index >= 15 is 0 Å². The number of nitrogens with zero attached hydrogens (tertiary/aromatic N) is 1. The predicted molar refractivity (Wildman–Crippen MR) is 75.1 cm³/mol. The smallest absolute Gasteiger partial charge is 0.342 e. The first-order valence-electron chi connectivity index (χ1n) is 6.52. The number of cyclic esters (lactones) is 1. The van der Waals surface area contributed by atoms with Crippen LogP contribution >= 0.6 is 0 Å². The molecule has 0 N–H and O–H groups in total. The van der Waals surface area contributed by atoms with Crippen LogP contribution in [0.15, 0.2) is 35.3 Å². The zero-order valence-corrected chi connectivity index (χ0v) is 12.2. The molecule has 0 saturated carbocycles. The van der Waals surface area contributed by atoms with Gasteiger partial charge in [0.05, 0.1) is 27.1 Å². The van der Waals surface area contributed by atoms with E-state index in [1.165, 1.54) is 14.2 Å². The summed E-state index contributed by atoms with van der Waals surface area (Å²) in [6.45, 7) is 0. The number of rotatable bonds is 5. The molecule has 116 valence electrons. The third kappa shape index (κ3) is 3.13. The second kappa shape index (κ2) is 6.38. The third-order valence-corrected chi connectivity index (χ3v) is 3.23. The number of hydrogen-bond acceptors (Lipinski definition) is 7. The summed E-state index contributed by atoms with van der Waals surface area (Å²) in [4.78, 5) is 39.6. The van der Waals surface area contributed by atoms with E-state index in [0.717, 1.165) is 0 Å². The predicted octanol–water partition coefficient (Wildman–Crippen LogP) is 0.855. The van der Waals surface area contributed by atoms with Crippen LogP contribution in [0.5, 0.6) is 0 Å². The molecule has 0 aromatic heterocycles.